The fraction of sp³-hybridized carbons (Fsp3) is 0.737. The molecular weight excluding hydrogens is 332 g/mol. The van der Waals surface area contributed by atoms with Gasteiger partial charge in [-0.05, 0) is 44.6 Å². The first-order valence-corrected chi connectivity index (χ1v) is 9.81. The second-order valence-corrected chi connectivity index (χ2v) is 7.11. The lowest BCUT2D eigenvalue weighted by Gasteiger charge is -2.35. The van der Waals surface area contributed by atoms with Crippen LogP contribution in [0.15, 0.2) is 12.3 Å². The van der Waals surface area contributed by atoms with Crippen LogP contribution in [0.1, 0.15) is 45.4 Å². The van der Waals surface area contributed by atoms with E-state index in [9.17, 15) is 4.79 Å². The molecule has 7 heteroatoms. The molecule has 1 aromatic rings. The van der Waals surface area contributed by atoms with Gasteiger partial charge < -0.3 is 19.7 Å². The van der Waals surface area contributed by atoms with Gasteiger partial charge in [-0.3, -0.25) is 4.79 Å². The molecular formula is C19H30N4O3. The predicted molar refractivity (Wildman–Crippen MR) is 100 cm³/mol. The Kier molecular flexibility index (Phi) is 7.20. The fourth-order valence-corrected chi connectivity index (χ4v) is 3.94. The Bertz CT molecular complexity index is 569. The van der Waals surface area contributed by atoms with Crippen LogP contribution < -0.4 is 10.2 Å². The summed E-state index contributed by atoms with van der Waals surface area (Å²) in [4.78, 5) is 21.6. The highest BCUT2D eigenvalue weighted by atomic mass is 16.5. The highest BCUT2D eigenvalue weighted by Gasteiger charge is 2.28. The first-order chi connectivity index (χ1) is 12.8. The van der Waals surface area contributed by atoms with Gasteiger partial charge in [0.1, 0.15) is 5.82 Å². The van der Waals surface area contributed by atoms with Gasteiger partial charge in [0.15, 0.2) is 0 Å². The van der Waals surface area contributed by atoms with E-state index in [0.29, 0.717) is 24.1 Å². The van der Waals surface area contributed by atoms with Crippen molar-refractivity contribution in [3.63, 3.8) is 0 Å². The van der Waals surface area contributed by atoms with Crippen LogP contribution in [0.25, 0.3) is 0 Å². The number of hydrogen-bond donors (Lipinski definition) is 1. The maximum absolute atomic E-state index is 10.6. The molecule has 144 valence electrons. The summed E-state index contributed by atoms with van der Waals surface area (Å²) >= 11 is 0. The van der Waals surface area contributed by atoms with E-state index in [4.69, 9.17) is 9.47 Å². The molecule has 1 unspecified atom stereocenters. The predicted octanol–water partition coefficient (Wildman–Crippen LogP) is 2.63. The number of carbonyl (C=O) groups excluding carboxylic acids is 1. The van der Waals surface area contributed by atoms with Crippen molar-refractivity contribution in [2.24, 2.45) is 5.92 Å². The molecule has 0 bridgehead atoms. The third-order valence-corrected chi connectivity index (χ3v) is 5.22. The molecule has 2 aliphatic rings. The lowest BCUT2D eigenvalue weighted by Crippen LogP contribution is -2.41. The highest BCUT2D eigenvalue weighted by molar-refractivity contribution is 5.68. The number of nitrogens with zero attached hydrogens (tertiary/aromatic N) is 3. The second kappa shape index (κ2) is 9.83. The number of nitrogens with one attached hydrogen (secondary N) is 1. The molecule has 1 aliphatic heterocycles. The first-order valence-electron chi connectivity index (χ1n) is 9.81. The molecule has 1 amide bonds. The summed E-state index contributed by atoms with van der Waals surface area (Å²) in [6.07, 6.45) is 9.75. The number of piperidine rings is 1. The zero-order valence-corrected chi connectivity index (χ0v) is 15.6. The molecule has 7 nitrogen and oxygen atoms in total. The molecule has 2 fully saturated rings. The van der Waals surface area contributed by atoms with Crippen LogP contribution >= 0.6 is 0 Å². The summed E-state index contributed by atoms with van der Waals surface area (Å²) in [6, 6.07) is 1.69. The van der Waals surface area contributed by atoms with Gasteiger partial charge in [0.2, 0.25) is 12.4 Å². The summed E-state index contributed by atoms with van der Waals surface area (Å²) in [7, 11) is 0. The van der Waals surface area contributed by atoms with Crippen molar-refractivity contribution in [3.05, 3.63) is 12.3 Å². The maximum Gasteiger partial charge on any atom is 0.227 e. The molecule has 26 heavy (non-hydrogen) atoms. The average molecular weight is 362 g/mol. The molecule has 3 rings (SSSR count). The van der Waals surface area contributed by atoms with E-state index in [2.05, 4.69) is 27.1 Å². The van der Waals surface area contributed by atoms with Crippen LogP contribution in [-0.4, -0.2) is 54.9 Å². The molecule has 2 heterocycles. The summed E-state index contributed by atoms with van der Waals surface area (Å²) in [6.45, 7) is 5.39. The zero-order chi connectivity index (χ0) is 18.2. The van der Waals surface area contributed by atoms with Gasteiger partial charge in [-0.15, -0.1) is 0 Å². The molecule has 1 aromatic heterocycles. The van der Waals surface area contributed by atoms with E-state index in [-0.39, 0.29) is 12.2 Å². The largest absolute Gasteiger partial charge is 0.376 e. The maximum atomic E-state index is 10.6. The van der Waals surface area contributed by atoms with Gasteiger partial charge >= 0.3 is 0 Å². The smallest absolute Gasteiger partial charge is 0.227 e. The highest BCUT2D eigenvalue weighted by Crippen LogP contribution is 2.26. The minimum Gasteiger partial charge on any atom is -0.376 e. The Balaban J connectivity index is 1.53. The van der Waals surface area contributed by atoms with Gasteiger partial charge in [0, 0.05) is 25.9 Å². The Morgan fingerprint density at radius 1 is 1.23 bits per heavy atom. The average Bonchev–Trinajstić information content (AvgIpc) is 2.68. The number of anilines is 2. The number of carbonyl (C=O) groups is 1. The van der Waals surface area contributed by atoms with Crippen LogP contribution in [0, 0.1) is 5.92 Å². The number of amides is 1. The quantitative estimate of drug-likeness (QED) is 0.717. The number of ether oxygens (including phenoxy) is 2. The summed E-state index contributed by atoms with van der Waals surface area (Å²) in [5, 5.41) is 2.59. The molecule has 3 atom stereocenters. The molecule has 0 aromatic carbocycles. The van der Waals surface area contributed by atoms with Crippen LogP contribution in [0.3, 0.4) is 0 Å². The number of aromatic nitrogens is 2. The Morgan fingerprint density at radius 3 is 2.81 bits per heavy atom. The standard InChI is InChI=1S/C19H30N4O3/c1-2-25-16-7-3-4-8-17(16)26-13-15-6-5-11-23(12-15)19-20-10-9-18(22-19)21-14-24/h9-10,14-17H,2-8,11-13H2,1H3,(H,20,21,22,24)/t15-,16?,17+/m1/s1. The second-order valence-electron chi connectivity index (χ2n) is 7.11. The topological polar surface area (TPSA) is 76.6 Å². The Labute approximate surface area is 155 Å². The fourth-order valence-electron chi connectivity index (χ4n) is 3.94. The lowest BCUT2D eigenvalue weighted by atomic mass is 9.94. The van der Waals surface area contributed by atoms with Crippen molar-refractivity contribution < 1.29 is 14.3 Å². The Morgan fingerprint density at radius 2 is 2.04 bits per heavy atom. The van der Waals surface area contributed by atoms with Crippen LogP contribution in [-0.2, 0) is 14.3 Å². The first kappa shape index (κ1) is 19.0. The van der Waals surface area contributed by atoms with Gasteiger partial charge in [0.25, 0.3) is 0 Å². The molecule has 1 N–H and O–H groups in total. The van der Waals surface area contributed by atoms with Crippen LogP contribution in [0.4, 0.5) is 11.8 Å². The van der Waals surface area contributed by atoms with Crippen LogP contribution in [0.5, 0.6) is 0 Å². The van der Waals surface area contributed by atoms with E-state index < -0.39 is 0 Å². The van der Waals surface area contributed by atoms with Gasteiger partial charge in [-0.25, -0.2) is 4.98 Å². The van der Waals surface area contributed by atoms with E-state index in [1.807, 2.05) is 0 Å². The van der Waals surface area contributed by atoms with E-state index in [0.717, 1.165) is 52.0 Å². The van der Waals surface area contributed by atoms with Crippen LogP contribution in [0.2, 0.25) is 0 Å². The molecule has 1 saturated carbocycles. The molecule has 0 radical (unpaired) electrons. The van der Waals surface area contributed by atoms with Gasteiger partial charge in [-0.1, -0.05) is 12.8 Å². The molecule has 0 spiro atoms. The van der Waals surface area contributed by atoms with E-state index >= 15 is 0 Å². The minimum atomic E-state index is 0.232. The number of rotatable bonds is 8. The van der Waals surface area contributed by atoms with Gasteiger partial charge in [-0.2, -0.15) is 4.98 Å². The van der Waals surface area contributed by atoms with Crippen molar-refractivity contribution in [3.8, 4) is 0 Å². The molecule has 1 saturated heterocycles. The van der Waals surface area contributed by atoms with Crippen molar-refractivity contribution in [1.82, 2.24) is 9.97 Å². The normalized spacial score (nSPS) is 26.5. The molecule has 1 aliphatic carbocycles. The monoisotopic (exact) mass is 362 g/mol. The van der Waals surface area contributed by atoms with E-state index in [1.165, 1.54) is 12.8 Å². The third kappa shape index (κ3) is 5.14. The van der Waals surface area contributed by atoms with Gasteiger partial charge in [0.05, 0.1) is 18.8 Å². The zero-order valence-electron chi connectivity index (χ0n) is 15.6. The van der Waals surface area contributed by atoms with Crippen molar-refractivity contribution in [2.45, 2.75) is 57.7 Å². The van der Waals surface area contributed by atoms with Crippen molar-refractivity contribution >= 4 is 18.2 Å². The van der Waals surface area contributed by atoms with E-state index in [1.54, 1.807) is 12.3 Å². The third-order valence-electron chi connectivity index (χ3n) is 5.22. The summed E-state index contributed by atoms with van der Waals surface area (Å²) < 4.78 is 12.2. The Hall–Kier alpha value is -1.73. The number of hydrogen-bond acceptors (Lipinski definition) is 6. The van der Waals surface area contributed by atoms with Crippen molar-refractivity contribution in [2.75, 3.05) is 36.5 Å². The summed E-state index contributed by atoms with van der Waals surface area (Å²) in [5.41, 5.74) is 0. The summed E-state index contributed by atoms with van der Waals surface area (Å²) in [5.74, 6) is 1.68. The lowest BCUT2D eigenvalue weighted by molar-refractivity contribution is -0.105. The SMILES string of the molecule is CCOC1CCCC[C@@H]1OC[C@@H]1CCCN(c2nccc(NC=O)n2)C1. The minimum absolute atomic E-state index is 0.232. The van der Waals surface area contributed by atoms with Crippen molar-refractivity contribution in [1.29, 1.82) is 0 Å².